The van der Waals surface area contributed by atoms with E-state index in [0.29, 0.717) is 22.2 Å². The Labute approximate surface area is 122 Å². The molecule has 3 N–H and O–H groups in total. The van der Waals surface area contributed by atoms with Crippen molar-refractivity contribution in [2.45, 2.75) is 12.8 Å². The molecule has 1 aliphatic rings. The first-order valence-electron chi connectivity index (χ1n) is 6.52. The number of nitrogens with two attached hydrogens (primary N) is 1. The number of thiophene rings is 1. The molecule has 0 radical (unpaired) electrons. The molecule has 1 aromatic rings. The maximum Gasteiger partial charge on any atom is 0.350 e. The van der Waals surface area contributed by atoms with Gasteiger partial charge in [-0.2, -0.15) is 0 Å². The van der Waals surface area contributed by atoms with E-state index in [1.165, 1.54) is 18.4 Å². The number of carbonyl (C=O) groups is 1. The van der Waals surface area contributed by atoms with E-state index in [1.807, 2.05) is 0 Å². The Kier molecular flexibility index (Phi) is 4.72. The molecule has 112 valence electrons. The van der Waals surface area contributed by atoms with E-state index in [9.17, 15) is 9.90 Å². The van der Waals surface area contributed by atoms with E-state index in [2.05, 4.69) is 4.90 Å². The number of esters is 1. The number of carbonyl (C=O) groups excluding carboxylic acids is 1. The Hall–Kier alpha value is -1.47. The van der Waals surface area contributed by atoms with E-state index in [0.717, 1.165) is 30.9 Å². The molecule has 0 atom stereocenters. The fourth-order valence-corrected chi connectivity index (χ4v) is 3.55. The number of anilines is 2. The summed E-state index contributed by atoms with van der Waals surface area (Å²) in [5.41, 5.74) is 6.31. The molecule has 0 amide bonds. The molecule has 2 heterocycles. The van der Waals surface area contributed by atoms with Crippen LogP contribution < -0.4 is 15.4 Å². The van der Waals surface area contributed by atoms with Gasteiger partial charge in [0.2, 0.25) is 0 Å². The summed E-state index contributed by atoms with van der Waals surface area (Å²) in [4.78, 5) is 14.2. The minimum atomic E-state index is -0.442. The molecule has 1 aromatic heterocycles. The SMILES string of the molecule is COC(=O)c1sc(N2CCC(CO)CC2)c(OC)c1N. The average Bonchev–Trinajstić information content (AvgIpc) is 2.83. The van der Waals surface area contributed by atoms with Gasteiger partial charge in [-0.1, -0.05) is 0 Å². The third-order valence-electron chi connectivity index (χ3n) is 3.62. The number of methoxy groups -OCH3 is 2. The van der Waals surface area contributed by atoms with Crippen LogP contribution in [-0.2, 0) is 4.74 Å². The molecule has 0 saturated carbocycles. The predicted molar refractivity (Wildman–Crippen MR) is 78.6 cm³/mol. The van der Waals surface area contributed by atoms with Crippen LogP contribution in [0.25, 0.3) is 0 Å². The highest BCUT2D eigenvalue weighted by molar-refractivity contribution is 7.19. The zero-order chi connectivity index (χ0) is 14.7. The lowest BCUT2D eigenvalue weighted by atomic mass is 9.98. The highest BCUT2D eigenvalue weighted by Crippen LogP contribution is 2.45. The topological polar surface area (TPSA) is 85.0 Å². The first-order valence-corrected chi connectivity index (χ1v) is 7.34. The van der Waals surface area contributed by atoms with Crippen molar-refractivity contribution < 1.29 is 19.4 Å². The average molecular weight is 300 g/mol. The predicted octanol–water partition coefficient (Wildman–Crippen LogP) is 1.33. The summed E-state index contributed by atoms with van der Waals surface area (Å²) in [7, 11) is 2.88. The summed E-state index contributed by atoms with van der Waals surface area (Å²) in [6.45, 7) is 1.87. The van der Waals surface area contributed by atoms with E-state index in [4.69, 9.17) is 15.2 Å². The molecule has 7 heteroatoms. The highest BCUT2D eigenvalue weighted by atomic mass is 32.1. The fourth-order valence-electron chi connectivity index (χ4n) is 2.38. The molecule has 6 nitrogen and oxygen atoms in total. The van der Waals surface area contributed by atoms with Crippen molar-refractivity contribution >= 4 is 28.0 Å². The molecule has 20 heavy (non-hydrogen) atoms. The number of nitrogens with zero attached hydrogens (tertiary/aromatic N) is 1. The van der Waals surface area contributed by atoms with Gasteiger partial charge < -0.3 is 25.2 Å². The fraction of sp³-hybridized carbons (Fsp3) is 0.615. The second-order valence-electron chi connectivity index (χ2n) is 4.79. The van der Waals surface area contributed by atoms with Crippen molar-refractivity contribution in [3.8, 4) is 5.75 Å². The first kappa shape index (κ1) is 14.9. The largest absolute Gasteiger partial charge is 0.492 e. The number of ether oxygens (including phenoxy) is 2. The van der Waals surface area contributed by atoms with E-state index in [1.54, 1.807) is 7.11 Å². The molecule has 0 unspecified atom stereocenters. The third kappa shape index (κ3) is 2.69. The lowest BCUT2D eigenvalue weighted by molar-refractivity contribution is 0.0607. The smallest absolute Gasteiger partial charge is 0.350 e. The van der Waals surface area contributed by atoms with E-state index >= 15 is 0 Å². The van der Waals surface area contributed by atoms with Gasteiger partial charge in [0.25, 0.3) is 0 Å². The number of aliphatic hydroxyl groups is 1. The molecule has 0 aromatic carbocycles. The Morgan fingerprint density at radius 1 is 1.45 bits per heavy atom. The molecule has 0 spiro atoms. The molecule has 1 fully saturated rings. The van der Waals surface area contributed by atoms with Crippen molar-refractivity contribution in [3.05, 3.63) is 4.88 Å². The van der Waals surface area contributed by atoms with Gasteiger partial charge in [0.05, 0.1) is 14.2 Å². The normalized spacial score (nSPS) is 16.2. The molecule has 0 bridgehead atoms. The number of piperidine rings is 1. The second-order valence-corrected chi connectivity index (χ2v) is 5.79. The quantitative estimate of drug-likeness (QED) is 0.816. The maximum atomic E-state index is 11.7. The highest BCUT2D eigenvalue weighted by Gasteiger charge is 2.28. The Bertz CT molecular complexity index is 481. The Morgan fingerprint density at radius 2 is 2.10 bits per heavy atom. The standard InChI is InChI=1S/C13H20N2O4S/c1-18-10-9(14)11(13(17)19-2)20-12(10)15-5-3-8(7-16)4-6-15/h8,16H,3-7,14H2,1-2H3. The zero-order valence-electron chi connectivity index (χ0n) is 11.7. The van der Waals surface area contributed by atoms with Gasteiger partial charge >= 0.3 is 5.97 Å². The van der Waals surface area contributed by atoms with Gasteiger partial charge in [0.15, 0.2) is 5.75 Å². The summed E-state index contributed by atoms with van der Waals surface area (Å²) < 4.78 is 10.1. The number of aliphatic hydroxyl groups excluding tert-OH is 1. The zero-order valence-corrected chi connectivity index (χ0v) is 12.5. The second kappa shape index (κ2) is 6.32. The summed E-state index contributed by atoms with van der Waals surface area (Å²) >= 11 is 1.30. The van der Waals surface area contributed by atoms with Gasteiger partial charge in [-0.25, -0.2) is 4.79 Å². The van der Waals surface area contributed by atoms with Gasteiger partial charge in [0.1, 0.15) is 15.6 Å². The number of nitrogen functional groups attached to an aromatic ring is 1. The van der Waals surface area contributed by atoms with Crippen LogP contribution in [0.1, 0.15) is 22.5 Å². The number of hydrogen-bond acceptors (Lipinski definition) is 7. The molecular formula is C13H20N2O4S. The molecule has 2 rings (SSSR count). The van der Waals surface area contributed by atoms with Crippen molar-refractivity contribution in [1.29, 1.82) is 0 Å². The van der Waals surface area contributed by atoms with Crippen LogP contribution >= 0.6 is 11.3 Å². The van der Waals surface area contributed by atoms with Crippen molar-refractivity contribution in [1.82, 2.24) is 0 Å². The summed E-state index contributed by atoms with van der Waals surface area (Å²) in [6.07, 6.45) is 1.84. The molecule has 0 aliphatic carbocycles. The monoisotopic (exact) mass is 300 g/mol. The summed E-state index contributed by atoms with van der Waals surface area (Å²) in [6, 6.07) is 0. The number of hydrogen-bond donors (Lipinski definition) is 2. The first-order chi connectivity index (χ1) is 9.62. The van der Waals surface area contributed by atoms with Crippen LogP contribution in [0, 0.1) is 5.92 Å². The number of rotatable bonds is 4. The Morgan fingerprint density at radius 3 is 2.60 bits per heavy atom. The van der Waals surface area contributed by atoms with E-state index < -0.39 is 5.97 Å². The minimum Gasteiger partial charge on any atom is -0.492 e. The lowest BCUT2D eigenvalue weighted by Crippen LogP contribution is -2.34. The van der Waals surface area contributed by atoms with Crippen molar-refractivity contribution in [2.24, 2.45) is 5.92 Å². The van der Waals surface area contributed by atoms with Gasteiger partial charge in [-0.3, -0.25) is 0 Å². The van der Waals surface area contributed by atoms with Gasteiger partial charge in [-0.15, -0.1) is 11.3 Å². The third-order valence-corrected chi connectivity index (χ3v) is 4.84. The van der Waals surface area contributed by atoms with Gasteiger partial charge in [-0.05, 0) is 18.8 Å². The minimum absolute atomic E-state index is 0.227. The van der Waals surface area contributed by atoms with Crippen LogP contribution in [0.5, 0.6) is 5.75 Å². The van der Waals surface area contributed by atoms with Crippen molar-refractivity contribution in [2.75, 3.05) is 44.5 Å². The van der Waals surface area contributed by atoms with Crippen LogP contribution in [0.2, 0.25) is 0 Å². The summed E-state index contributed by atoms with van der Waals surface area (Å²) in [5, 5.41) is 10.0. The Balaban J connectivity index is 2.25. The molecular weight excluding hydrogens is 280 g/mol. The molecule has 1 saturated heterocycles. The summed E-state index contributed by atoms with van der Waals surface area (Å²) in [5.74, 6) is 0.453. The van der Waals surface area contributed by atoms with Crippen LogP contribution in [0.15, 0.2) is 0 Å². The van der Waals surface area contributed by atoms with Gasteiger partial charge in [0, 0.05) is 19.7 Å². The van der Waals surface area contributed by atoms with E-state index in [-0.39, 0.29) is 6.61 Å². The maximum absolute atomic E-state index is 11.7. The van der Waals surface area contributed by atoms with Crippen LogP contribution in [-0.4, -0.2) is 45.0 Å². The van der Waals surface area contributed by atoms with Crippen molar-refractivity contribution in [3.63, 3.8) is 0 Å². The lowest BCUT2D eigenvalue weighted by Gasteiger charge is -2.32. The van der Waals surface area contributed by atoms with Crippen LogP contribution in [0.3, 0.4) is 0 Å². The molecule has 1 aliphatic heterocycles. The van der Waals surface area contributed by atoms with Crippen LogP contribution in [0.4, 0.5) is 10.7 Å².